The molecule has 0 N–H and O–H groups in total. The topological polar surface area (TPSA) is 0 Å². The van der Waals surface area contributed by atoms with Gasteiger partial charge in [0.05, 0.1) is 8.07 Å². The van der Waals surface area contributed by atoms with Crippen molar-refractivity contribution in [2.24, 2.45) is 0 Å². The minimum Gasteiger partial charge on any atom is -0.0985 e. The average Bonchev–Trinajstić information content (AvgIpc) is 2.18. The van der Waals surface area contributed by atoms with Crippen LogP contribution < -0.4 is 5.19 Å². The van der Waals surface area contributed by atoms with Gasteiger partial charge in [0, 0.05) is 0 Å². The van der Waals surface area contributed by atoms with Gasteiger partial charge in [0.1, 0.15) is 0 Å². The van der Waals surface area contributed by atoms with E-state index in [0.717, 1.165) is 0 Å². The zero-order valence-electron chi connectivity index (χ0n) is 8.88. The standard InChI is InChI=1S/C13H16Si/c1-4-11-9-10-14(2,3)13-8-6-5-7-12(11)13/h4-9H,1,10H2,2-3H3. The second-order valence-corrected chi connectivity index (χ2v) is 9.21. The van der Waals surface area contributed by atoms with Gasteiger partial charge in [-0.25, -0.2) is 0 Å². The maximum Gasteiger partial charge on any atom is 0.0851 e. The Morgan fingerprint density at radius 3 is 2.71 bits per heavy atom. The Morgan fingerprint density at radius 2 is 2.00 bits per heavy atom. The molecule has 72 valence electrons. The molecule has 0 fully saturated rings. The molecule has 0 radical (unpaired) electrons. The Bertz CT molecular complexity index is 399. The number of benzene rings is 1. The summed E-state index contributed by atoms with van der Waals surface area (Å²) < 4.78 is 0. The molecule has 1 aromatic carbocycles. The maximum atomic E-state index is 3.88. The minimum atomic E-state index is -1.19. The third-order valence-corrected chi connectivity index (χ3v) is 6.14. The predicted octanol–water partition coefficient (Wildman–Crippen LogP) is 3.19. The van der Waals surface area contributed by atoms with E-state index in [9.17, 15) is 0 Å². The van der Waals surface area contributed by atoms with Crippen LogP contribution in [0.25, 0.3) is 5.57 Å². The van der Waals surface area contributed by atoms with Crippen LogP contribution in [0.5, 0.6) is 0 Å². The lowest BCUT2D eigenvalue weighted by molar-refractivity contribution is 1.47. The molecule has 1 heteroatoms. The third kappa shape index (κ3) is 1.38. The summed E-state index contributed by atoms with van der Waals surface area (Å²) in [5, 5.41) is 1.58. The van der Waals surface area contributed by atoms with Crippen LogP contribution in [0.1, 0.15) is 5.56 Å². The summed E-state index contributed by atoms with van der Waals surface area (Å²) in [6, 6.07) is 10.0. The molecule has 14 heavy (non-hydrogen) atoms. The van der Waals surface area contributed by atoms with Crippen molar-refractivity contribution in [3.05, 3.63) is 48.6 Å². The van der Waals surface area contributed by atoms with Crippen molar-refractivity contribution in [2.45, 2.75) is 19.1 Å². The van der Waals surface area contributed by atoms with Crippen LogP contribution in [-0.2, 0) is 0 Å². The van der Waals surface area contributed by atoms with Gasteiger partial charge >= 0.3 is 0 Å². The fourth-order valence-electron chi connectivity index (χ4n) is 2.10. The van der Waals surface area contributed by atoms with Gasteiger partial charge in [-0.1, -0.05) is 61.3 Å². The molecule has 0 bridgehead atoms. The highest BCUT2D eigenvalue weighted by atomic mass is 28.3. The largest absolute Gasteiger partial charge is 0.0985 e. The SMILES string of the molecule is C=CC1=CC[Si](C)(C)c2ccccc21. The molecule has 0 aliphatic carbocycles. The highest BCUT2D eigenvalue weighted by Gasteiger charge is 2.28. The lowest BCUT2D eigenvalue weighted by atomic mass is 10.1. The zero-order chi connectivity index (χ0) is 10.2. The van der Waals surface area contributed by atoms with Gasteiger partial charge < -0.3 is 0 Å². The average molecular weight is 200 g/mol. The van der Waals surface area contributed by atoms with Gasteiger partial charge in [0.25, 0.3) is 0 Å². The van der Waals surface area contributed by atoms with Crippen molar-refractivity contribution in [3.63, 3.8) is 0 Å². The molecule has 0 saturated heterocycles. The summed E-state index contributed by atoms with van der Waals surface area (Å²) in [5.74, 6) is 0. The van der Waals surface area contributed by atoms with Gasteiger partial charge in [-0.2, -0.15) is 0 Å². The van der Waals surface area contributed by atoms with Gasteiger partial charge in [-0.3, -0.25) is 0 Å². The first kappa shape index (κ1) is 9.47. The van der Waals surface area contributed by atoms with Crippen LogP contribution in [0.2, 0.25) is 19.1 Å². The first-order chi connectivity index (χ1) is 6.65. The van der Waals surface area contributed by atoms with E-state index < -0.39 is 8.07 Å². The lowest BCUT2D eigenvalue weighted by Crippen LogP contribution is -2.44. The number of hydrogen-bond donors (Lipinski definition) is 0. The van der Waals surface area contributed by atoms with Gasteiger partial charge in [0.2, 0.25) is 0 Å². The second kappa shape index (κ2) is 3.25. The smallest absolute Gasteiger partial charge is 0.0851 e. The van der Waals surface area contributed by atoms with E-state index in [1.165, 1.54) is 17.2 Å². The quantitative estimate of drug-likeness (QED) is 0.611. The molecule has 0 atom stereocenters. The van der Waals surface area contributed by atoms with Gasteiger partial charge in [0.15, 0.2) is 0 Å². The van der Waals surface area contributed by atoms with Crippen LogP contribution in [0.15, 0.2) is 43.0 Å². The van der Waals surface area contributed by atoms with Crippen LogP contribution >= 0.6 is 0 Å². The zero-order valence-corrected chi connectivity index (χ0v) is 9.88. The van der Waals surface area contributed by atoms with E-state index in [4.69, 9.17) is 0 Å². The second-order valence-electron chi connectivity index (χ2n) is 4.50. The van der Waals surface area contributed by atoms with E-state index in [2.05, 4.69) is 50.0 Å². The minimum absolute atomic E-state index is 1.19. The van der Waals surface area contributed by atoms with Gasteiger partial charge in [-0.15, -0.1) is 0 Å². The summed E-state index contributed by atoms with van der Waals surface area (Å²) in [4.78, 5) is 0. The molecule has 1 aromatic rings. The van der Waals surface area contributed by atoms with Crippen LogP contribution in [0.3, 0.4) is 0 Å². The molecule has 1 aliphatic heterocycles. The molecule has 0 spiro atoms. The van der Waals surface area contributed by atoms with Crippen molar-refractivity contribution < 1.29 is 0 Å². The molecule has 0 unspecified atom stereocenters. The monoisotopic (exact) mass is 200 g/mol. The number of allylic oxidation sites excluding steroid dienone is 3. The summed E-state index contributed by atoms with van der Waals surface area (Å²) in [6.07, 6.45) is 4.32. The molecule has 0 amide bonds. The highest BCUT2D eigenvalue weighted by molar-refractivity contribution is 6.91. The number of rotatable bonds is 1. The Labute approximate surface area is 87.0 Å². The Kier molecular flexibility index (Phi) is 2.20. The van der Waals surface area contributed by atoms with E-state index in [1.54, 1.807) is 5.19 Å². The molecular formula is C13H16Si. The van der Waals surface area contributed by atoms with E-state index >= 15 is 0 Å². The fraction of sp³-hybridized carbons (Fsp3) is 0.231. The molecule has 0 saturated carbocycles. The highest BCUT2D eigenvalue weighted by Crippen LogP contribution is 2.26. The van der Waals surface area contributed by atoms with E-state index in [1.807, 2.05) is 6.08 Å². The van der Waals surface area contributed by atoms with Crippen molar-refractivity contribution in [2.75, 3.05) is 0 Å². The summed E-state index contributed by atoms with van der Waals surface area (Å²) >= 11 is 0. The Hall–Kier alpha value is -1.08. The molecule has 0 aromatic heterocycles. The van der Waals surface area contributed by atoms with Crippen LogP contribution in [0.4, 0.5) is 0 Å². The van der Waals surface area contributed by atoms with Gasteiger partial charge in [-0.05, 0) is 17.2 Å². The molecule has 2 rings (SSSR count). The molecular weight excluding hydrogens is 184 g/mol. The lowest BCUT2D eigenvalue weighted by Gasteiger charge is -2.29. The number of fused-ring (bicyclic) bond motifs is 1. The van der Waals surface area contributed by atoms with E-state index in [0.29, 0.717) is 0 Å². The normalized spacial score (nSPS) is 18.3. The molecule has 1 aliphatic rings. The van der Waals surface area contributed by atoms with Crippen LogP contribution in [0, 0.1) is 0 Å². The first-order valence-electron chi connectivity index (χ1n) is 5.07. The Morgan fingerprint density at radius 1 is 1.29 bits per heavy atom. The predicted molar refractivity (Wildman–Crippen MR) is 66.5 cm³/mol. The maximum absolute atomic E-state index is 3.88. The van der Waals surface area contributed by atoms with Crippen molar-refractivity contribution in [3.8, 4) is 0 Å². The van der Waals surface area contributed by atoms with Crippen LogP contribution in [-0.4, -0.2) is 8.07 Å². The van der Waals surface area contributed by atoms with E-state index in [-0.39, 0.29) is 0 Å². The summed E-state index contributed by atoms with van der Waals surface area (Å²) in [7, 11) is -1.19. The summed E-state index contributed by atoms with van der Waals surface area (Å²) in [6.45, 7) is 8.74. The fourth-order valence-corrected chi connectivity index (χ4v) is 4.56. The Balaban J connectivity index is 2.64. The van der Waals surface area contributed by atoms with Crippen molar-refractivity contribution in [1.82, 2.24) is 0 Å². The molecule has 0 nitrogen and oxygen atoms in total. The summed E-state index contributed by atoms with van der Waals surface area (Å²) in [5.41, 5.74) is 2.72. The number of hydrogen-bond acceptors (Lipinski definition) is 0. The first-order valence-corrected chi connectivity index (χ1v) is 8.28. The van der Waals surface area contributed by atoms with Crippen molar-refractivity contribution >= 4 is 18.8 Å². The molecule has 1 heterocycles. The van der Waals surface area contributed by atoms with Crippen molar-refractivity contribution in [1.29, 1.82) is 0 Å². The third-order valence-electron chi connectivity index (χ3n) is 3.02.